The molecule has 0 aliphatic carbocycles. The molecule has 0 aromatic heterocycles. The zero-order valence-electron chi connectivity index (χ0n) is 16.9. The molecular formula is C24H34ClNO2. The lowest BCUT2D eigenvalue weighted by Crippen LogP contribution is -2.30. The maximum absolute atomic E-state index is 5.85. The van der Waals surface area contributed by atoms with E-state index < -0.39 is 0 Å². The van der Waals surface area contributed by atoms with E-state index in [1.807, 2.05) is 42.5 Å². The van der Waals surface area contributed by atoms with Gasteiger partial charge in [-0.05, 0) is 75.1 Å². The van der Waals surface area contributed by atoms with Crippen molar-refractivity contribution in [1.29, 1.82) is 0 Å². The second-order valence-corrected chi connectivity index (χ2v) is 7.41. The third-order valence-corrected chi connectivity index (χ3v) is 5.16. The smallest absolute Gasteiger partial charge is 0.120 e. The number of hydrogen-bond acceptors (Lipinski definition) is 3. The van der Waals surface area contributed by atoms with Crippen LogP contribution in [0.1, 0.15) is 50.5 Å². The molecule has 4 heteroatoms. The summed E-state index contributed by atoms with van der Waals surface area (Å²) in [6.45, 7) is 5.31. The maximum Gasteiger partial charge on any atom is 0.120 e. The second kappa shape index (κ2) is 13.5. The lowest BCUT2D eigenvalue weighted by molar-refractivity contribution is 0.223. The first-order valence-corrected chi connectivity index (χ1v) is 10.5. The number of piperidine rings is 1. The summed E-state index contributed by atoms with van der Waals surface area (Å²) in [7, 11) is 0. The summed E-state index contributed by atoms with van der Waals surface area (Å²) in [5.41, 5.74) is 1.18. The van der Waals surface area contributed by atoms with Crippen LogP contribution in [0.2, 0.25) is 0 Å². The summed E-state index contributed by atoms with van der Waals surface area (Å²) < 4.78 is 11.7. The molecule has 1 aliphatic rings. The van der Waals surface area contributed by atoms with Crippen molar-refractivity contribution in [1.82, 2.24) is 4.90 Å². The van der Waals surface area contributed by atoms with Gasteiger partial charge in [-0.25, -0.2) is 0 Å². The Morgan fingerprint density at radius 3 is 2.04 bits per heavy atom. The van der Waals surface area contributed by atoms with Gasteiger partial charge in [0.1, 0.15) is 18.1 Å². The summed E-state index contributed by atoms with van der Waals surface area (Å²) >= 11 is 0. The molecule has 154 valence electrons. The number of benzene rings is 2. The van der Waals surface area contributed by atoms with Crippen LogP contribution in [-0.4, -0.2) is 31.1 Å². The van der Waals surface area contributed by atoms with E-state index in [9.17, 15) is 0 Å². The van der Waals surface area contributed by atoms with Crippen LogP contribution in [0.3, 0.4) is 0 Å². The molecule has 0 saturated carbocycles. The van der Waals surface area contributed by atoms with Crippen LogP contribution in [0.4, 0.5) is 0 Å². The summed E-state index contributed by atoms with van der Waals surface area (Å²) in [4.78, 5) is 2.63. The highest BCUT2D eigenvalue weighted by Gasteiger charge is 2.08. The van der Waals surface area contributed by atoms with Gasteiger partial charge in [-0.3, -0.25) is 0 Å². The Labute approximate surface area is 176 Å². The van der Waals surface area contributed by atoms with Gasteiger partial charge >= 0.3 is 0 Å². The van der Waals surface area contributed by atoms with Crippen LogP contribution >= 0.6 is 12.4 Å². The molecular weight excluding hydrogens is 370 g/mol. The molecule has 1 heterocycles. The number of rotatable bonds is 11. The number of likely N-dealkylation sites (tertiary alicyclic amines) is 1. The molecule has 0 radical (unpaired) electrons. The minimum atomic E-state index is 0. The predicted molar refractivity (Wildman–Crippen MR) is 119 cm³/mol. The summed E-state index contributed by atoms with van der Waals surface area (Å²) in [6.07, 6.45) is 9.24. The van der Waals surface area contributed by atoms with E-state index in [1.54, 1.807) is 0 Å². The molecule has 3 rings (SSSR count). The van der Waals surface area contributed by atoms with Gasteiger partial charge in [-0.2, -0.15) is 0 Å². The molecule has 2 aromatic rings. The Kier molecular flexibility index (Phi) is 10.9. The number of unbranched alkanes of at least 4 members (excludes halogenated alkanes) is 3. The molecule has 0 unspecified atom stereocenters. The Morgan fingerprint density at radius 2 is 1.32 bits per heavy atom. The lowest BCUT2D eigenvalue weighted by atomic mass is 10.1. The first-order chi connectivity index (χ1) is 13.4. The molecule has 1 saturated heterocycles. The Balaban J connectivity index is 0.00000280. The number of halogens is 1. The molecule has 3 nitrogen and oxygen atoms in total. The van der Waals surface area contributed by atoms with Crippen LogP contribution in [0.15, 0.2) is 54.6 Å². The summed E-state index contributed by atoms with van der Waals surface area (Å²) in [5, 5.41) is 0. The van der Waals surface area contributed by atoms with Gasteiger partial charge in [-0.1, -0.05) is 49.6 Å². The van der Waals surface area contributed by atoms with Crippen LogP contribution in [-0.2, 0) is 6.61 Å². The third-order valence-electron chi connectivity index (χ3n) is 5.16. The third kappa shape index (κ3) is 8.53. The fraction of sp³-hybridized carbons (Fsp3) is 0.500. The Hall–Kier alpha value is -1.71. The van der Waals surface area contributed by atoms with Crippen molar-refractivity contribution in [2.24, 2.45) is 0 Å². The molecule has 0 atom stereocenters. The van der Waals surface area contributed by atoms with Crippen LogP contribution in [0, 0.1) is 0 Å². The average Bonchev–Trinajstić information content (AvgIpc) is 2.74. The SMILES string of the molecule is Cl.c1ccc(COc2ccc(OCCCCCCN3CCCCC3)cc2)cc1. The average molecular weight is 404 g/mol. The normalized spacial score (nSPS) is 14.3. The van der Waals surface area contributed by atoms with Crippen LogP contribution in [0.5, 0.6) is 11.5 Å². The molecule has 1 aliphatic heterocycles. The molecule has 0 amide bonds. The van der Waals surface area contributed by atoms with Gasteiger partial charge in [0.15, 0.2) is 0 Å². The molecule has 0 bridgehead atoms. The molecule has 0 N–H and O–H groups in total. The quantitative estimate of drug-likeness (QED) is 0.422. The highest BCUT2D eigenvalue weighted by atomic mass is 35.5. The standard InChI is InChI=1S/C24H33NO2.ClH/c1(7-17-25-18-8-4-9-19-25)2-10-20-26-23-13-15-24(16-14-23)27-21-22-11-5-3-6-12-22;/h3,5-6,11-16H,1-2,4,7-10,17-21H2;1H. The van der Waals surface area contributed by atoms with Gasteiger partial charge in [0.05, 0.1) is 6.61 Å². The molecule has 2 aromatic carbocycles. The van der Waals surface area contributed by atoms with Crippen molar-refractivity contribution in [2.75, 3.05) is 26.2 Å². The largest absolute Gasteiger partial charge is 0.494 e. The number of ether oxygens (including phenoxy) is 2. The van der Waals surface area contributed by atoms with Crippen LogP contribution in [0.25, 0.3) is 0 Å². The molecule has 0 spiro atoms. The topological polar surface area (TPSA) is 21.7 Å². The van der Waals surface area contributed by atoms with Crippen molar-refractivity contribution in [3.63, 3.8) is 0 Å². The number of hydrogen-bond donors (Lipinski definition) is 0. The summed E-state index contributed by atoms with van der Waals surface area (Å²) in [5.74, 6) is 1.80. The predicted octanol–water partition coefficient (Wildman–Crippen LogP) is 6.11. The second-order valence-electron chi connectivity index (χ2n) is 7.41. The van der Waals surface area contributed by atoms with Gasteiger partial charge in [0, 0.05) is 0 Å². The van der Waals surface area contributed by atoms with E-state index >= 15 is 0 Å². The minimum absolute atomic E-state index is 0. The van der Waals surface area contributed by atoms with Gasteiger partial charge in [-0.15, -0.1) is 12.4 Å². The zero-order chi connectivity index (χ0) is 18.6. The van der Waals surface area contributed by atoms with Gasteiger partial charge in [0.2, 0.25) is 0 Å². The van der Waals surface area contributed by atoms with Crippen molar-refractivity contribution in [3.8, 4) is 11.5 Å². The van der Waals surface area contributed by atoms with Crippen LogP contribution < -0.4 is 9.47 Å². The lowest BCUT2D eigenvalue weighted by Gasteiger charge is -2.26. The minimum Gasteiger partial charge on any atom is -0.494 e. The van der Waals surface area contributed by atoms with E-state index in [0.717, 1.165) is 24.5 Å². The molecule has 1 fully saturated rings. The Bertz CT molecular complexity index is 627. The molecule has 28 heavy (non-hydrogen) atoms. The van der Waals surface area contributed by atoms with Crippen molar-refractivity contribution in [3.05, 3.63) is 60.2 Å². The van der Waals surface area contributed by atoms with Crippen molar-refractivity contribution in [2.45, 2.75) is 51.6 Å². The van der Waals surface area contributed by atoms with E-state index in [0.29, 0.717) is 6.61 Å². The van der Waals surface area contributed by atoms with E-state index in [-0.39, 0.29) is 12.4 Å². The van der Waals surface area contributed by atoms with E-state index in [4.69, 9.17) is 9.47 Å². The zero-order valence-corrected chi connectivity index (χ0v) is 17.7. The monoisotopic (exact) mass is 403 g/mol. The van der Waals surface area contributed by atoms with E-state index in [2.05, 4.69) is 17.0 Å². The van der Waals surface area contributed by atoms with Crippen molar-refractivity contribution >= 4 is 12.4 Å². The first kappa shape index (κ1) is 22.6. The van der Waals surface area contributed by atoms with Gasteiger partial charge in [0.25, 0.3) is 0 Å². The highest BCUT2D eigenvalue weighted by molar-refractivity contribution is 5.85. The Morgan fingerprint density at radius 1 is 0.679 bits per heavy atom. The summed E-state index contributed by atoms with van der Waals surface area (Å²) in [6, 6.07) is 18.2. The van der Waals surface area contributed by atoms with E-state index in [1.165, 1.54) is 63.7 Å². The fourth-order valence-electron chi connectivity index (χ4n) is 3.54. The van der Waals surface area contributed by atoms with Gasteiger partial charge < -0.3 is 14.4 Å². The highest BCUT2D eigenvalue weighted by Crippen LogP contribution is 2.19. The maximum atomic E-state index is 5.85. The number of nitrogens with zero attached hydrogens (tertiary/aromatic N) is 1. The van der Waals surface area contributed by atoms with Crippen molar-refractivity contribution < 1.29 is 9.47 Å². The first-order valence-electron chi connectivity index (χ1n) is 10.5. The fourth-order valence-corrected chi connectivity index (χ4v) is 3.54.